The number of hydrogen-bond acceptors (Lipinski definition) is 3. The first-order valence-corrected chi connectivity index (χ1v) is 10.5. The summed E-state index contributed by atoms with van der Waals surface area (Å²) in [4.78, 5) is 11.8. The van der Waals surface area contributed by atoms with Crippen molar-refractivity contribution in [3.63, 3.8) is 0 Å². The van der Waals surface area contributed by atoms with Gasteiger partial charge in [0.25, 0.3) is 0 Å². The molecule has 2 N–H and O–H groups in total. The summed E-state index contributed by atoms with van der Waals surface area (Å²) < 4.78 is 3.05. The summed E-state index contributed by atoms with van der Waals surface area (Å²) in [5.74, 6) is 0.848. The van der Waals surface area contributed by atoms with Crippen molar-refractivity contribution in [1.29, 1.82) is 0 Å². The van der Waals surface area contributed by atoms with Crippen LogP contribution in [-0.4, -0.2) is 41.0 Å². The number of benzene rings is 1. The van der Waals surface area contributed by atoms with E-state index in [9.17, 15) is 0 Å². The Morgan fingerprint density at radius 3 is 2.83 bits per heavy atom. The van der Waals surface area contributed by atoms with Crippen molar-refractivity contribution in [2.75, 3.05) is 24.5 Å². The van der Waals surface area contributed by atoms with Crippen molar-refractivity contribution >= 4 is 57.2 Å². The standard InChI is InChI=1S/C21H25BrN6.HI/c1-2-23-21(24-12-18-15-28-13-16(22)8-9-20(28)25-18)26-17-10-11-27(14-17)19-6-4-3-5-7-19;/h3-9,13,15,17H,2,10-12,14H2,1H3,(H2,23,24,26);1H. The Labute approximate surface area is 197 Å². The Morgan fingerprint density at radius 1 is 1.21 bits per heavy atom. The molecule has 0 aliphatic carbocycles. The molecular weight excluding hydrogens is 543 g/mol. The Balaban J connectivity index is 0.00000240. The molecule has 1 aliphatic rings. The summed E-state index contributed by atoms with van der Waals surface area (Å²) in [5.41, 5.74) is 3.16. The van der Waals surface area contributed by atoms with E-state index in [-0.39, 0.29) is 24.0 Å². The molecule has 1 aliphatic heterocycles. The number of anilines is 1. The highest BCUT2D eigenvalue weighted by molar-refractivity contribution is 14.0. The molecule has 0 bridgehead atoms. The molecule has 1 aromatic carbocycles. The molecule has 0 radical (unpaired) electrons. The molecule has 1 saturated heterocycles. The molecule has 1 unspecified atom stereocenters. The maximum absolute atomic E-state index is 4.75. The zero-order valence-electron chi connectivity index (χ0n) is 16.4. The van der Waals surface area contributed by atoms with Crippen LogP contribution in [0.4, 0.5) is 5.69 Å². The van der Waals surface area contributed by atoms with Crippen LogP contribution in [0.3, 0.4) is 0 Å². The highest BCUT2D eigenvalue weighted by Gasteiger charge is 2.23. The van der Waals surface area contributed by atoms with Crippen LogP contribution < -0.4 is 15.5 Å². The summed E-state index contributed by atoms with van der Waals surface area (Å²) in [6.07, 6.45) is 5.14. The number of pyridine rings is 1. The Morgan fingerprint density at radius 2 is 2.03 bits per heavy atom. The maximum Gasteiger partial charge on any atom is 0.191 e. The second kappa shape index (κ2) is 10.3. The van der Waals surface area contributed by atoms with E-state index in [1.807, 2.05) is 28.9 Å². The molecule has 29 heavy (non-hydrogen) atoms. The van der Waals surface area contributed by atoms with Gasteiger partial charge in [-0.1, -0.05) is 18.2 Å². The number of aromatic nitrogens is 2. The average molecular weight is 569 g/mol. The molecule has 8 heteroatoms. The van der Waals surface area contributed by atoms with Crippen LogP contribution in [0.5, 0.6) is 0 Å². The van der Waals surface area contributed by atoms with Crippen LogP contribution in [0.15, 0.2) is 64.3 Å². The van der Waals surface area contributed by atoms with Gasteiger partial charge in [-0.05, 0) is 53.5 Å². The number of guanidine groups is 1. The minimum Gasteiger partial charge on any atom is -0.369 e. The van der Waals surface area contributed by atoms with Crippen molar-refractivity contribution in [3.8, 4) is 0 Å². The minimum atomic E-state index is 0. The Hall–Kier alpha value is -1.81. The molecule has 0 spiro atoms. The van der Waals surface area contributed by atoms with Gasteiger partial charge in [0, 0.05) is 48.2 Å². The summed E-state index contributed by atoms with van der Waals surface area (Å²) in [6, 6.07) is 15.0. The molecular formula is C21H26BrIN6. The van der Waals surface area contributed by atoms with Gasteiger partial charge in [-0.25, -0.2) is 9.98 Å². The molecule has 1 atom stereocenters. The predicted molar refractivity (Wildman–Crippen MR) is 133 cm³/mol. The van der Waals surface area contributed by atoms with Gasteiger partial charge < -0.3 is 19.9 Å². The number of nitrogens with one attached hydrogen (secondary N) is 2. The molecule has 0 saturated carbocycles. The summed E-state index contributed by atoms with van der Waals surface area (Å²) in [7, 11) is 0. The zero-order chi connectivity index (χ0) is 19.3. The molecule has 0 amide bonds. The second-order valence-electron chi connectivity index (χ2n) is 6.95. The molecule has 3 heterocycles. The summed E-state index contributed by atoms with van der Waals surface area (Å²) >= 11 is 3.49. The van der Waals surface area contributed by atoms with Gasteiger partial charge in [0.05, 0.1) is 12.2 Å². The third kappa shape index (κ3) is 5.63. The number of aliphatic imine (C=N–C) groups is 1. The van der Waals surface area contributed by atoms with E-state index < -0.39 is 0 Å². The lowest BCUT2D eigenvalue weighted by Crippen LogP contribution is -2.44. The van der Waals surface area contributed by atoms with Gasteiger partial charge in [-0.15, -0.1) is 24.0 Å². The molecule has 4 rings (SSSR count). The zero-order valence-corrected chi connectivity index (χ0v) is 20.3. The highest BCUT2D eigenvalue weighted by Crippen LogP contribution is 2.19. The van der Waals surface area contributed by atoms with Crippen molar-refractivity contribution in [1.82, 2.24) is 20.0 Å². The van der Waals surface area contributed by atoms with Gasteiger partial charge in [-0.3, -0.25) is 0 Å². The third-order valence-corrected chi connectivity index (χ3v) is 5.33. The van der Waals surface area contributed by atoms with Crippen LogP contribution in [-0.2, 0) is 6.54 Å². The number of hydrogen-bond donors (Lipinski definition) is 2. The summed E-state index contributed by atoms with van der Waals surface area (Å²) in [5, 5.41) is 6.94. The van der Waals surface area contributed by atoms with E-state index in [0.29, 0.717) is 12.6 Å². The van der Waals surface area contributed by atoms with E-state index in [0.717, 1.165) is 47.8 Å². The fraction of sp³-hybridized carbons (Fsp3) is 0.333. The number of imidazole rings is 1. The smallest absolute Gasteiger partial charge is 0.191 e. The number of fused-ring (bicyclic) bond motifs is 1. The third-order valence-electron chi connectivity index (χ3n) is 4.86. The average Bonchev–Trinajstić information content (AvgIpc) is 3.33. The minimum absolute atomic E-state index is 0. The lowest BCUT2D eigenvalue weighted by atomic mass is 10.3. The number of halogens is 2. The Bertz CT molecular complexity index is 958. The van der Waals surface area contributed by atoms with Crippen LogP contribution in [0.1, 0.15) is 19.0 Å². The van der Waals surface area contributed by atoms with Crippen LogP contribution in [0.25, 0.3) is 5.65 Å². The van der Waals surface area contributed by atoms with Crippen molar-refractivity contribution in [2.24, 2.45) is 4.99 Å². The first kappa shape index (κ1) is 21.9. The molecule has 2 aromatic heterocycles. The molecule has 3 aromatic rings. The number of rotatable bonds is 5. The topological polar surface area (TPSA) is 57.0 Å². The largest absolute Gasteiger partial charge is 0.369 e. The highest BCUT2D eigenvalue weighted by atomic mass is 127. The fourth-order valence-corrected chi connectivity index (χ4v) is 3.87. The van der Waals surface area contributed by atoms with Gasteiger partial charge in [0.15, 0.2) is 5.96 Å². The fourth-order valence-electron chi connectivity index (χ4n) is 3.52. The first-order valence-electron chi connectivity index (χ1n) is 9.69. The van der Waals surface area contributed by atoms with E-state index in [4.69, 9.17) is 4.99 Å². The number of nitrogens with zero attached hydrogens (tertiary/aromatic N) is 4. The van der Waals surface area contributed by atoms with E-state index in [1.54, 1.807) is 0 Å². The SMILES string of the molecule is CCNC(=NCc1cn2cc(Br)ccc2n1)NC1CCN(c2ccccc2)C1.I. The first-order chi connectivity index (χ1) is 13.7. The van der Waals surface area contributed by atoms with Crippen LogP contribution >= 0.6 is 39.9 Å². The van der Waals surface area contributed by atoms with Gasteiger partial charge in [0.2, 0.25) is 0 Å². The maximum atomic E-state index is 4.75. The summed E-state index contributed by atoms with van der Waals surface area (Å²) in [6.45, 7) is 5.51. The molecule has 154 valence electrons. The number of para-hydroxylation sites is 1. The second-order valence-corrected chi connectivity index (χ2v) is 7.87. The Kier molecular flexibility index (Phi) is 7.77. The van der Waals surface area contributed by atoms with E-state index >= 15 is 0 Å². The van der Waals surface area contributed by atoms with Gasteiger partial charge in [0.1, 0.15) is 5.65 Å². The van der Waals surface area contributed by atoms with Crippen molar-refractivity contribution in [3.05, 3.63) is 65.0 Å². The van der Waals surface area contributed by atoms with E-state index in [2.05, 4.69) is 73.7 Å². The van der Waals surface area contributed by atoms with E-state index in [1.165, 1.54) is 5.69 Å². The van der Waals surface area contributed by atoms with Gasteiger partial charge >= 0.3 is 0 Å². The monoisotopic (exact) mass is 568 g/mol. The normalized spacial score (nSPS) is 16.7. The van der Waals surface area contributed by atoms with Crippen molar-refractivity contribution in [2.45, 2.75) is 25.9 Å². The lowest BCUT2D eigenvalue weighted by molar-refractivity contribution is 0.649. The quantitative estimate of drug-likeness (QED) is 0.277. The molecule has 1 fully saturated rings. The predicted octanol–water partition coefficient (Wildman–Crippen LogP) is 4.05. The van der Waals surface area contributed by atoms with Crippen LogP contribution in [0, 0.1) is 0 Å². The van der Waals surface area contributed by atoms with Crippen molar-refractivity contribution < 1.29 is 0 Å². The van der Waals surface area contributed by atoms with Crippen LogP contribution in [0.2, 0.25) is 0 Å². The lowest BCUT2D eigenvalue weighted by Gasteiger charge is -2.20. The van der Waals surface area contributed by atoms with Gasteiger partial charge in [-0.2, -0.15) is 0 Å². The molecule has 6 nitrogen and oxygen atoms in total.